The molecule has 33 heavy (non-hydrogen) atoms. The zero-order valence-corrected chi connectivity index (χ0v) is 19.5. The molecule has 0 bridgehead atoms. The van der Waals surface area contributed by atoms with Crippen molar-refractivity contribution in [3.63, 3.8) is 0 Å². The summed E-state index contributed by atoms with van der Waals surface area (Å²) in [6, 6.07) is 13.5. The van der Waals surface area contributed by atoms with Gasteiger partial charge >= 0.3 is 0 Å². The van der Waals surface area contributed by atoms with Crippen molar-refractivity contribution in [2.75, 3.05) is 20.8 Å². The molecule has 4 rings (SSSR count). The van der Waals surface area contributed by atoms with Gasteiger partial charge in [-0.1, -0.05) is 42.1 Å². The van der Waals surface area contributed by atoms with Gasteiger partial charge in [0.1, 0.15) is 0 Å². The number of amides is 1. The van der Waals surface area contributed by atoms with E-state index < -0.39 is 0 Å². The van der Waals surface area contributed by atoms with Gasteiger partial charge in [-0.2, -0.15) is 4.98 Å². The minimum atomic E-state index is 0.0709. The van der Waals surface area contributed by atoms with E-state index in [9.17, 15) is 4.79 Å². The van der Waals surface area contributed by atoms with Crippen molar-refractivity contribution in [3.05, 3.63) is 59.5 Å². The molecule has 1 aromatic heterocycles. The number of nitrogens with zero attached hydrogens (tertiary/aromatic N) is 3. The van der Waals surface area contributed by atoms with Crippen molar-refractivity contribution in [1.82, 2.24) is 15.0 Å². The second-order valence-electron chi connectivity index (χ2n) is 8.49. The first-order valence-corrected chi connectivity index (χ1v) is 11.5. The topological polar surface area (TPSA) is 77.7 Å². The van der Waals surface area contributed by atoms with Crippen LogP contribution in [0.25, 0.3) is 11.4 Å². The van der Waals surface area contributed by atoms with Crippen LogP contribution in [0.5, 0.6) is 11.5 Å². The molecule has 0 unspecified atom stereocenters. The van der Waals surface area contributed by atoms with E-state index in [1.165, 1.54) is 6.42 Å². The third kappa shape index (κ3) is 5.35. The Hall–Kier alpha value is -3.35. The van der Waals surface area contributed by atoms with Gasteiger partial charge in [0.25, 0.3) is 5.91 Å². The number of benzene rings is 2. The van der Waals surface area contributed by atoms with Gasteiger partial charge < -0.3 is 18.9 Å². The molecule has 7 heteroatoms. The van der Waals surface area contributed by atoms with Crippen molar-refractivity contribution in [2.24, 2.45) is 0 Å². The van der Waals surface area contributed by atoms with Gasteiger partial charge in [-0.05, 0) is 50.1 Å². The Kier molecular flexibility index (Phi) is 7.27. The average molecular weight is 450 g/mol. The number of aryl methyl sites for hydroxylation is 1. The highest BCUT2D eigenvalue weighted by atomic mass is 16.5. The van der Waals surface area contributed by atoms with Crippen LogP contribution in [0, 0.1) is 6.92 Å². The molecule has 1 amide bonds. The van der Waals surface area contributed by atoms with E-state index in [1.807, 2.05) is 54.3 Å². The first kappa shape index (κ1) is 22.8. The van der Waals surface area contributed by atoms with Gasteiger partial charge in [0.05, 0.1) is 14.2 Å². The fraction of sp³-hybridized carbons (Fsp3) is 0.423. The van der Waals surface area contributed by atoms with Gasteiger partial charge in [0, 0.05) is 30.1 Å². The summed E-state index contributed by atoms with van der Waals surface area (Å²) in [5.74, 6) is 2.31. The smallest absolute Gasteiger partial charge is 0.254 e. The lowest BCUT2D eigenvalue weighted by Crippen LogP contribution is -2.42. The highest BCUT2D eigenvalue weighted by molar-refractivity contribution is 5.94. The van der Waals surface area contributed by atoms with Crippen molar-refractivity contribution in [3.8, 4) is 22.9 Å². The van der Waals surface area contributed by atoms with E-state index in [4.69, 9.17) is 14.0 Å². The summed E-state index contributed by atoms with van der Waals surface area (Å²) in [5.41, 5.74) is 2.65. The van der Waals surface area contributed by atoms with Gasteiger partial charge in [0.2, 0.25) is 11.7 Å². The van der Waals surface area contributed by atoms with E-state index in [0.717, 1.165) is 42.4 Å². The summed E-state index contributed by atoms with van der Waals surface area (Å²) in [6.07, 6.45) is 6.14. The zero-order chi connectivity index (χ0) is 23.2. The predicted molar refractivity (Wildman–Crippen MR) is 126 cm³/mol. The molecular formula is C26H31N3O4. The van der Waals surface area contributed by atoms with Crippen molar-refractivity contribution >= 4 is 5.91 Å². The Labute approximate surface area is 194 Å². The largest absolute Gasteiger partial charge is 0.493 e. The highest BCUT2D eigenvalue weighted by Gasteiger charge is 2.27. The van der Waals surface area contributed by atoms with Crippen molar-refractivity contribution < 1.29 is 18.8 Å². The van der Waals surface area contributed by atoms with E-state index in [-0.39, 0.29) is 11.9 Å². The summed E-state index contributed by atoms with van der Waals surface area (Å²) >= 11 is 0. The van der Waals surface area contributed by atoms with Gasteiger partial charge in [-0.3, -0.25) is 4.79 Å². The Morgan fingerprint density at radius 3 is 2.45 bits per heavy atom. The van der Waals surface area contributed by atoms with E-state index in [0.29, 0.717) is 36.2 Å². The van der Waals surface area contributed by atoms with Crippen molar-refractivity contribution in [2.45, 2.75) is 51.5 Å². The van der Waals surface area contributed by atoms with E-state index in [1.54, 1.807) is 14.2 Å². The number of hydrogen-bond donors (Lipinski definition) is 0. The van der Waals surface area contributed by atoms with Gasteiger partial charge in [0.15, 0.2) is 11.5 Å². The quantitative estimate of drug-likeness (QED) is 0.477. The number of carbonyl (C=O) groups excluding carboxylic acids is 1. The number of aromatic nitrogens is 2. The average Bonchev–Trinajstić information content (AvgIpc) is 3.33. The van der Waals surface area contributed by atoms with E-state index in [2.05, 4.69) is 10.1 Å². The molecule has 0 spiro atoms. The summed E-state index contributed by atoms with van der Waals surface area (Å²) in [4.78, 5) is 19.9. The fourth-order valence-corrected chi connectivity index (χ4v) is 4.37. The molecule has 7 nitrogen and oxygen atoms in total. The van der Waals surface area contributed by atoms with Crippen LogP contribution in [-0.4, -0.2) is 47.8 Å². The molecule has 1 saturated carbocycles. The number of methoxy groups -OCH3 is 2. The minimum absolute atomic E-state index is 0.0709. The van der Waals surface area contributed by atoms with Crippen LogP contribution in [0.4, 0.5) is 0 Å². The molecule has 2 aromatic carbocycles. The van der Waals surface area contributed by atoms with Crippen LogP contribution in [-0.2, 0) is 6.42 Å². The van der Waals surface area contributed by atoms with Crippen LogP contribution >= 0.6 is 0 Å². The second kappa shape index (κ2) is 10.5. The molecule has 0 N–H and O–H groups in total. The maximum Gasteiger partial charge on any atom is 0.254 e. The Morgan fingerprint density at radius 2 is 1.76 bits per heavy atom. The summed E-state index contributed by atoms with van der Waals surface area (Å²) in [5, 5.41) is 4.13. The monoisotopic (exact) mass is 449 g/mol. The SMILES string of the molecule is COc1ccc(-c2noc(CCN(C(=O)c3ccc(C)cc3)C3CCCCC3)n2)cc1OC. The second-order valence-corrected chi connectivity index (χ2v) is 8.49. The normalized spacial score (nSPS) is 14.2. The first-order valence-electron chi connectivity index (χ1n) is 11.5. The van der Waals surface area contributed by atoms with E-state index >= 15 is 0 Å². The molecule has 174 valence electrons. The lowest BCUT2D eigenvalue weighted by molar-refractivity contribution is 0.0632. The number of rotatable bonds is 8. The van der Waals surface area contributed by atoms with Crippen LogP contribution in [0.2, 0.25) is 0 Å². The minimum Gasteiger partial charge on any atom is -0.493 e. The molecule has 0 saturated heterocycles. The third-order valence-electron chi connectivity index (χ3n) is 6.25. The lowest BCUT2D eigenvalue weighted by Gasteiger charge is -2.34. The van der Waals surface area contributed by atoms with Crippen LogP contribution < -0.4 is 9.47 Å². The Bertz CT molecular complexity index is 1070. The molecular weight excluding hydrogens is 418 g/mol. The zero-order valence-electron chi connectivity index (χ0n) is 19.5. The molecule has 1 aliphatic rings. The van der Waals surface area contributed by atoms with Crippen molar-refractivity contribution in [1.29, 1.82) is 0 Å². The summed E-state index contributed by atoms with van der Waals surface area (Å²) in [7, 11) is 3.19. The Morgan fingerprint density at radius 1 is 1.03 bits per heavy atom. The van der Waals surface area contributed by atoms with Gasteiger partial charge in [-0.15, -0.1) is 0 Å². The molecule has 3 aromatic rings. The fourth-order valence-electron chi connectivity index (χ4n) is 4.37. The summed E-state index contributed by atoms with van der Waals surface area (Å²) in [6.45, 7) is 2.57. The maximum absolute atomic E-state index is 13.4. The van der Waals surface area contributed by atoms with Crippen LogP contribution in [0.1, 0.15) is 53.9 Å². The molecule has 1 fully saturated rings. The highest BCUT2D eigenvalue weighted by Crippen LogP contribution is 2.31. The Balaban J connectivity index is 1.49. The molecule has 0 radical (unpaired) electrons. The third-order valence-corrected chi connectivity index (χ3v) is 6.25. The number of ether oxygens (including phenoxy) is 2. The predicted octanol–water partition coefficient (Wildman–Crippen LogP) is 5.08. The molecule has 0 atom stereocenters. The van der Waals surface area contributed by atoms with Crippen LogP contribution in [0.15, 0.2) is 47.0 Å². The summed E-state index contributed by atoms with van der Waals surface area (Å²) < 4.78 is 16.2. The molecule has 1 heterocycles. The maximum atomic E-state index is 13.4. The number of carbonyl (C=O) groups is 1. The van der Waals surface area contributed by atoms with Gasteiger partial charge in [-0.25, -0.2) is 0 Å². The number of hydrogen-bond acceptors (Lipinski definition) is 6. The van der Waals surface area contributed by atoms with Crippen LogP contribution in [0.3, 0.4) is 0 Å². The lowest BCUT2D eigenvalue weighted by atomic mass is 9.93. The molecule has 1 aliphatic carbocycles. The first-order chi connectivity index (χ1) is 16.1. The standard InChI is InChI=1S/C26H31N3O4/c1-18-9-11-19(12-10-18)26(30)29(21-7-5-4-6-8-21)16-15-24-27-25(28-33-24)20-13-14-22(31-2)23(17-20)32-3/h9-14,17,21H,4-8,15-16H2,1-3H3. The molecule has 0 aliphatic heterocycles.